The molecule has 1 aromatic rings. The molecule has 4 nitrogen and oxygen atoms in total. The molecule has 0 unspecified atom stereocenters. The van der Waals surface area contributed by atoms with Gasteiger partial charge in [0, 0.05) is 0 Å². The van der Waals surface area contributed by atoms with Gasteiger partial charge in [-0.25, -0.2) is 0 Å². The van der Waals surface area contributed by atoms with Crippen LogP contribution >= 0.6 is 0 Å². The van der Waals surface area contributed by atoms with Crippen molar-refractivity contribution in [3.8, 4) is 5.75 Å². The Balaban J connectivity index is 2.23. The van der Waals surface area contributed by atoms with Gasteiger partial charge in [-0.3, -0.25) is 4.79 Å². The van der Waals surface area contributed by atoms with Crippen LogP contribution in [0.1, 0.15) is 12.5 Å². The van der Waals surface area contributed by atoms with Crippen LogP contribution in [0.4, 0.5) is 0 Å². The molecule has 2 N–H and O–H groups in total. The summed E-state index contributed by atoms with van der Waals surface area (Å²) in [5, 5.41) is 0. The topological polar surface area (TPSA) is 61.5 Å². The van der Waals surface area contributed by atoms with Crippen LogP contribution in [0.3, 0.4) is 0 Å². The second-order valence-corrected chi connectivity index (χ2v) is 3.90. The molecule has 1 aliphatic heterocycles. The zero-order valence-corrected chi connectivity index (χ0v) is 9.23. The van der Waals surface area contributed by atoms with Crippen LogP contribution < -0.4 is 10.5 Å². The lowest BCUT2D eigenvalue weighted by Gasteiger charge is -2.38. The number of hydrogen-bond donors (Lipinski definition) is 1. The number of primary amides is 1. The lowest BCUT2D eigenvalue weighted by molar-refractivity contribution is -0.141. The number of carbonyl (C=O) groups is 1. The molecule has 0 saturated carbocycles. The first kappa shape index (κ1) is 11.0. The molecule has 1 fully saturated rings. The average molecular weight is 221 g/mol. The Hall–Kier alpha value is -1.55. The maximum absolute atomic E-state index is 11.4. The van der Waals surface area contributed by atoms with Gasteiger partial charge in [0.15, 0.2) is 0 Å². The molecule has 1 heterocycles. The van der Waals surface area contributed by atoms with E-state index in [0.717, 1.165) is 11.3 Å². The number of ether oxygens (including phenoxy) is 2. The fraction of sp³-hybridized carbons (Fsp3) is 0.417. The molecule has 0 bridgehead atoms. The summed E-state index contributed by atoms with van der Waals surface area (Å²) in [6.07, 6.45) is 0. The first-order valence-electron chi connectivity index (χ1n) is 5.30. The van der Waals surface area contributed by atoms with Gasteiger partial charge in [-0.15, -0.1) is 0 Å². The van der Waals surface area contributed by atoms with Crippen molar-refractivity contribution in [1.29, 1.82) is 0 Å². The summed E-state index contributed by atoms with van der Waals surface area (Å²) in [7, 11) is 0. The molecule has 0 aliphatic carbocycles. The molecule has 16 heavy (non-hydrogen) atoms. The Morgan fingerprint density at radius 2 is 2.06 bits per heavy atom. The van der Waals surface area contributed by atoms with Crippen LogP contribution in [-0.4, -0.2) is 25.7 Å². The quantitative estimate of drug-likeness (QED) is 0.819. The van der Waals surface area contributed by atoms with E-state index >= 15 is 0 Å². The number of nitrogens with two attached hydrogens (primary N) is 1. The molecule has 1 amide bonds. The van der Waals surface area contributed by atoms with Crippen molar-refractivity contribution in [1.82, 2.24) is 0 Å². The molecule has 0 radical (unpaired) electrons. The van der Waals surface area contributed by atoms with Crippen LogP contribution in [0.2, 0.25) is 0 Å². The molecule has 0 spiro atoms. The number of amides is 1. The minimum absolute atomic E-state index is 0.331. The first-order chi connectivity index (χ1) is 7.69. The Morgan fingerprint density at radius 1 is 1.44 bits per heavy atom. The molecule has 1 aliphatic rings. The second-order valence-electron chi connectivity index (χ2n) is 3.90. The smallest absolute Gasteiger partial charge is 0.232 e. The van der Waals surface area contributed by atoms with Crippen molar-refractivity contribution in [3.63, 3.8) is 0 Å². The summed E-state index contributed by atoms with van der Waals surface area (Å²) in [5.41, 5.74) is 5.67. The third kappa shape index (κ3) is 1.65. The summed E-state index contributed by atoms with van der Waals surface area (Å²) < 4.78 is 10.4. The molecule has 0 atom stereocenters. The molecule has 1 saturated heterocycles. The van der Waals surface area contributed by atoms with Gasteiger partial charge in [0.1, 0.15) is 11.2 Å². The molecule has 2 rings (SSSR count). The lowest BCUT2D eigenvalue weighted by atomic mass is 9.78. The fourth-order valence-electron chi connectivity index (χ4n) is 1.79. The highest BCUT2D eigenvalue weighted by atomic mass is 16.5. The van der Waals surface area contributed by atoms with E-state index in [4.69, 9.17) is 15.2 Å². The Kier molecular flexibility index (Phi) is 2.83. The number of hydrogen-bond acceptors (Lipinski definition) is 3. The SMILES string of the molecule is CCOc1ccc(C2(C(N)=O)COC2)cc1. The van der Waals surface area contributed by atoms with E-state index in [2.05, 4.69) is 0 Å². The third-order valence-electron chi connectivity index (χ3n) is 2.89. The molecule has 1 aromatic carbocycles. The molecular formula is C12H15NO3. The highest BCUT2D eigenvalue weighted by Crippen LogP contribution is 2.32. The van der Waals surface area contributed by atoms with Crippen LogP contribution in [0.5, 0.6) is 5.75 Å². The van der Waals surface area contributed by atoms with Gasteiger partial charge < -0.3 is 15.2 Å². The van der Waals surface area contributed by atoms with E-state index in [-0.39, 0.29) is 5.91 Å². The van der Waals surface area contributed by atoms with Gasteiger partial charge in [-0.05, 0) is 24.6 Å². The standard InChI is InChI=1S/C12H15NO3/c1-2-16-10-5-3-9(4-6-10)12(11(13)14)7-15-8-12/h3-6H,2,7-8H2,1H3,(H2,13,14). The van der Waals surface area contributed by atoms with Gasteiger partial charge in [0.25, 0.3) is 0 Å². The number of benzene rings is 1. The van der Waals surface area contributed by atoms with Gasteiger partial charge in [-0.2, -0.15) is 0 Å². The third-order valence-corrected chi connectivity index (χ3v) is 2.89. The summed E-state index contributed by atoms with van der Waals surface area (Å²) in [6.45, 7) is 3.30. The highest BCUT2D eigenvalue weighted by molar-refractivity contribution is 5.88. The molecule has 4 heteroatoms. The van der Waals surface area contributed by atoms with Crippen molar-refractivity contribution in [2.45, 2.75) is 12.3 Å². The van der Waals surface area contributed by atoms with Gasteiger partial charge in [0.05, 0.1) is 19.8 Å². The van der Waals surface area contributed by atoms with Gasteiger partial charge in [-0.1, -0.05) is 12.1 Å². The summed E-state index contributed by atoms with van der Waals surface area (Å²) in [5.74, 6) is 0.467. The Bertz CT molecular complexity index is 382. The van der Waals surface area contributed by atoms with Gasteiger partial charge >= 0.3 is 0 Å². The number of rotatable bonds is 4. The zero-order valence-electron chi connectivity index (χ0n) is 9.23. The maximum Gasteiger partial charge on any atom is 0.232 e. The van der Waals surface area contributed by atoms with E-state index in [1.165, 1.54) is 0 Å². The first-order valence-corrected chi connectivity index (χ1v) is 5.30. The van der Waals surface area contributed by atoms with Crippen LogP contribution in [0.25, 0.3) is 0 Å². The van der Waals surface area contributed by atoms with Crippen LogP contribution in [-0.2, 0) is 14.9 Å². The van der Waals surface area contributed by atoms with Crippen molar-refractivity contribution in [2.24, 2.45) is 5.73 Å². The Labute approximate surface area is 94.3 Å². The largest absolute Gasteiger partial charge is 0.494 e. The average Bonchev–Trinajstić information content (AvgIpc) is 2.18. The Morgan fingerprint density at radius 3 is 2.44 bits per heavy atom. The fourth-order valence-corrected chi connectivity index (χ4v) is 1.79. The summed E-state index contributed by atoms with van der Waals surface area (Å²) in [6, 6.07) is 7.44. The van der Waals surface area contributed by atoms with Crippen LogP contribution in [0.15, 0.2) is 24.3 Å². The summed E-state index contributed by atoms with van der Waals surface area (Å²) in [4.78, 5) is 11.4. The van der Waals surface area contributed by atoms with Crippen molar-refractivity contribution in [2.75, 3.05) is 19.8 Å². The predicted molar refractivity (Wildman–Crippen MR) is 59.3 cm³/mol. The lowest BCUT2D eigenvalue weighted by Crippen LogP contribution is -2.56. The van der Waals surface area contributed by atoms with Gasteiger partial charge in [0.2, 0.25) is 5.91 Å². The van der Waals surface area contributed by atoms with Crippen molar-refractivity contribution in [3.05, 3.63) is 29.8 Å². The van der Waals surface area contributed by atoms with E-state index < -0.39 is 5.41 Å². The van der Waals surface area contributed by atoms with E-state index in [0.29, 0.717) is 19.8 Å². The van der Waals surface area contributed by atoms with E-state index in [9.17, 15) is 4.79 Å². The zero-order chi connectivity index (χ0) is 11.6. The monoisotopic (exact) mass is 221 g/mol. The molecule has 0 aromatic heterocycles. The maximum atomic E-state index is 11.4. The van der Waals surface area contributed by atoms with E-state index in [1.54, 1.807) is 0 Å². The summed E-state index contributed by atoms with van der Waals surface area (Å²) >= 11 is 0. The minimum atomic E-state index is -0.634. The second kappa shape index (κ2) is 4.14. The predicted octanol–water partition coefficient (Wildman–Crippen LogP) is 0.839. The van der Waals surface area contributed by atoms with Crippen molar-refractivity contribution < 1.29 is 14.3 Å². The minimum Gasteiger partial charge on any atom is -0.494 e. The van der Waals surface area contributed by atoms with Crippen molar-refractivity contribution >= 4 is 5.91 Å². The van der Waals surface area contributed by atoms with E-state index in [1.807, 2.05) is 31.2 Å². The van der Waals surface area contributed by atoms with Crippen LogP contribution in [0, 0.1) is 0 Å². The molecule has 86 valence electrons. The highest BCUT2D eigenvalue weighted by Gasteiger charge is 2.46. The number of carbonyl (C=O) groups excluding carboxylic acids is 1. The molecular weight excluding hydrogens is 206 g/mol. The normalized spacial score (nSPS) is 17.6.